The number of fused-ring (bicyclic) bond motifs is 8. The van der Waals surface area contributed by atoms with Crippen LogP contribution in [0.4, 0.5) is 0 Å². The van der Waals surface area contributed by atoms with E-state index in [0.29, 0.717) is 0 Å². The van der Waals surface area contributed by atoms with E-state index in [9.17, 15) is 0 Å². The smallest absolute Gasteiger partial charge is 0.163 e. The second-order valence-electron chi connectivity index (χ2n) is 4.90. The molecule has 0 aliphatic heterocycles. The predicted octanol–water partition coefficient (Wildman–Crippen LogP) is 3.29. The number of hydrogen-bond acceptors (Lipinski definition) is 2. The molecular weight excluding hydrogens is 248 g/mol. The third-order valence-electron chi connectivity index (χ3n) is 3.83. The van der Waals surface area contributed by atoms with Crippen molar-refractivity contribution in [3.8, 4) is 0 Å². The quantitative estimate of drug-likeness (QED) is 0.427. The summed E-state index contributed by atoms with van der Waals surface area (Å²) in [6.45, 7) is 0. The molecule has 4 heteroatoms. The number of aromatic nitrogens is 4. The van der Waals surface area contributed by atoms with Gasteiger partial charge in [0, 0.05) is 35.6 Å². The first kappa shape index (κ1) is 9.97. The molecule has 0 spiro atoms. The van der Waals surface area contributed by atoms with Crippen molar-refractivity contribution < 1.29 is 0 Å². The van der Waals surface area contributed by atoms with Crippen molar-refractivity contribution in [1.29, 1.82) is 0 Å². The fourth-order valence-corrected chi connectivity index (χ4v) is 2.99. The van der Waals surface area contributed by atoms with Crippen LogP contribution >= 0.6 is 0 Å². The molecule has 4 aromatic heterocycles. The monoisotopic (exact) mass is 258 g/mol. The van der Waals surface area contributed by atoms with Gasteiger partial charge in [0.15, 0.2) is 11.3 Å². The maximum Gasteiger partial charge on any atom is 0.163 e. The van der Waals surface area contributed by atoms with Gasteiger partial charge in [-0.1, -0.05) is 24.3 Å². The van der Waals surface area contributed by atoms with Gasteiger partial charge in [0.1, 0.15) is 0 Å². The third-order valence-corrected chi connectivity index (χ3v) is 3.83. The molecule has 0 amide bonds. The van der Waals surface area contributed by atoms with Crippen LogP contribution in [0.3, 0.4) is 0 Å². The van der Waals surface area contributed by atoms with Crippen LogP contribution in [-0.2, 0) is 0 Å². The van der Waals surface area contributed by atoms with Crippen molar-refractivity contribution in [2.45, 2.75) is 0 Å². The van der Waals surface area contributed by atoms with E-state index in [1.165, 1.54) is 10.8 Å². The second kappa shape index (κ2) is 3.36. The van der Waals surface area contributed by atoms with Gasteiger partial charge in [-0.25, -0.2) is 9.97 Å². The summed E-state index contributed by atoms with van der Waals surface area (Å²) >= 11 is 0. The highest BCUT2D eigenvalue weighted by Crippen LogP contribution is 2.28. The normalized spacial score (nSPS) is 12.0. The summed E-state index contributed by atoms with van der Waals surface area (Å²) in [6.07, 6.45) is 7.76. The van der Waals surface area contributed by atoms with Gasteiger partial charge in [0.25, 0.3) is 0 Å². The Morgan fingerprint density at radius 1 is 0.800 bits per heavy atom. The molecule has 0 unspecified atom stereocenters. The number of hydrogen-bond donors (Lipinski definition) is 0. The van der Waals surface area contributed by atoms with Crippen LogP contribution in [-0.4, -0.2) is 18.8 Å². The van der Waals surface area contributed by atoms with E-state index in [1.54, 1.807) is 0 Å². The SMILES string of the molecule is c1ccc2c(c1)cn1c3cccnc3n3ccnc3c21. The zero-order chi connectivity index (χ0) is 13.1. The first-order valence-corrected chi connectivity index (χ1v) is 6.53. The van der Waals surface area contributed by atoms with Crippen LogP contribution in [0.15, 0.2) is 61.2 Å². The lowest BCUT2D eigenvalue weighted by molar-refractivity contribution is 1.14. The minimum Gasteiger partial charge on any atom is -0.309 e. The summed E-state index contributed by atoms with van der Waals surface area (Å²) in [7, 11) is 0. The van der Waals surface area contributed by atoms with E-state index in [4.69, 9.17) is 0 Å². The fraction of sp³-hybridized carbons (Fsp3) is 0. The largest absolute Gasteiger partial charge is 0.309 e. The van der Waals surface area contributed by atoms with Crippen LogP contribution in [0, 0.1) is 0 Å². The highest BCUT2D eigenvalue weighted by molar-refractivity contribution is 6.06. The minimum absolute atomic E-state index is 0.924. The maximum atomic E-state index is 4.52. The van der Waals surface area contributed by atoms with E-state index in [-0.39, 0.29) is 0 Å². The molecule has 1 aromatic carbocycles. The lowest BCUT2D eigenvalue weighted by Gasteiger charge is -2.05. The Hall–Kier alpha value is -2.88. The lowest BCUT2D eigenvalue weighted by atomic mass is 10.2. The van der Waals surface area contributed by atoms with Gasteiger partial charge in [-0.15, -0.1) is 0 Å². The third kappa shape index (κ3) is 1.07. The Morgan fingerprint density at radius 3 is 2.70 bits per heavy atom. The molecule has 0 saturated carbocycles. The standard InChI is InChI=1S/C16H10N4/c1-2-5-12-11(4-1)10-20-13-6-3-7-17-15(13)19-9-8-18-16(19)14(12)20/h1-10H. The highest BCUT2D eigenvalue weighted by atomic mass is 15.1. The molecule has 0 bridgehead atoms. The first-order valence-electron chi connectivity index (χ1n) is 6.53. The Morgan fingerprint density at radius 2 is 1.70 bits per heavy atom. The van der Waals surface area contributed by atoms with Gasteiger partial charge in [-0.05, 0) is 12.1 Å². The van der Waals surface area contributed by atoms with E-state index < -0.39 is 0 Å². The van der Waals surface area contributed by atoms with Gasteiger partial charge in [-0.2, -0.15) is 0 Å². The molecule has 0 N–H and O–H groups in total. The summed E-state index contributed by atoms with van der Waals surface area (Å²) in [5, 5.41) is 2.43. The average Bonchev–Trinajstić information content (AvgIpc) is 3.11. The van der Waals surface area contributed by atoms with E-state index in [2.05, 4.69) is 55.3 Å². The Labute approximate surface area is 113 Å². The lowest BCUT2D eigenvalue weighted by Crippen LogP contribution is -1.97. The molecule has 0 aliphatic carbocycles. The van der Waals surface area contributed by atoms with Crippen LogP contribution in [0.5, 0.6) is 0 Å². The van der Waals surface area contributed by atoms with Crippen molar-refractivity contribution in [2.24, 2.45) is 0 Å². The topological polar surface area (TPSA) is 34.6 Å². The Balaban J connectivity index is 2.26. The molecule has 0 saturated heterocycles. The van der Waals surface area contributed by atoms with Crippen molar-refractivity contribution >= 4 is 33.1 Å². The van der Waals surface area contributed by atoms with Gasteiger partial charge in [0.2, 0.25) is 0 Å². The van der Waals surface area contributed by atoms with Crippen molar-refractivity contribution in [3.63, 3.8) is 0 Å². The summed E-state index contributed by atoms with van der Waals surface area (Å²) < 4.78 is 4.24. The molecule has 0 fully saturated rings. The molecule has 5 rings (SSSR count). The molecule has 4 nitrogen and oxygen atoms in total. The van der Waals surface area contributed by atoms with E-state index in [1.807, 2.05) is 24.7 Å². The van der Waals surface area contributed by atoms with E-state index >= 15 is 0 Å². The van der Waals surface area contributed by atoms with Crippen LogP contribution in [0.25, 0.3) is 33.1 Å². The van der Waals surface area contributed by atoms with Crippen molar-refractivity contribution in [2.75, 3.05) is 0 Å². The minimum atomic E-state index is 0.924. The van der Waals surface area contributed by atoms with Crippen molar-refractivity contribution in [1.82, 2.24) is 18.8 Å². The van der Waals surface area contributed by atoms with Crippen LogP contribution < -0.4 is 0 Å². The zero-order valence-electron chi connectivity index (χ0n) is 10.6. The van der Waals surface area contributed by atoms with Gasteiger partial charge >= 0.3 is 0 Å². The van der Waals surface area contributed by atoms with Crippen molar-refractivity contribution in [3.05, 3.63) is 61.2 Å². The molecule has 94 valence electrons. The molecule has 0 atom stereocenters. The average molecular weight is 258 g/mol. The summed E-state index contributed by atoms with van der Waals surface area (Å²) in [5.74, 6) is 0. The number of benzene rings is 1. The molecule has 0 aliphatic rings. The fourth-order valence-electron chi connectivity index (χ4n) is 2.99. The predicted molar refractivity (Wildman–Crippen MR) is 79.0 cm³/mol. The molecule has 5 aromatic rings. The van der Waals surface area contributed by atoms with E-state index in [0.717, 1.165) is 22.3 Å². The molecule has 0 radical (unpaired) electrons. The Kier molecular flexibility index (Phi) is 1.68. The van der Waals surface area contributed by atoms with Gasteiger partial charge < -0.3 is 4.40 Å². The molecule has 4 heterocycles. The van der Waals surface area contributed by atoms with Crippen LogP contribution in [0.1, 0.15) is 0 Å². The maximum absolute atomic E-state index is 4.52. The summed E-state index contributed by atoms with van der Waals surface area (Å²) in [4.78, 5) is 9.03. The molecule has 20 heavy (non-hydrogen) atoms. The van der Waals surface area contributed by atoms with Gasteiger partial charge in [0.05, 0.1) is 11.0 Å². The number of imidazole rings is 1. The number of pyridine rings is 1. The zero-order valence-corrected chi connectivity index (χ0v) is 10.6. The summed E-state index contributed by atoms with van der Waals surface area (Å²) in [5.41, 5.74) is 4.08. The Bertz CT molecular complexity index is 1100. The number of rotatable bonds is 0. The second-order valence-corrected chi connectivity index (χ2v) is 4.90. The number of nitrogens with zero attached hydrogens (tertiary/aromatic N) is 4. The first-order chi connectivity index (χ1) is 9.93. The summed E-state index contributed by atoms with van der Waals surface area (Å²) in [6, 6.07) is 12.5. The highest BCUT2D eigenvalue weighted by Gasteiger charge is 2.13. The molecular formula is C16H10N4. The van der Waals surface area contributed by atoms with Crippen LogP contribution in [0.2, 0.25) is 0 Å². The van der Waals surface area contributed by atoms with Gasteiger partial charge in [-0.3, -0.25) is 4.40 Å².